The summed E-state index contributed by atoms with van der Waals surface area (Å²) < 4.78 is 39.2. The van der Waals surface area contributed by atoms with Gasteiger partial charge < -0.3 is 5.11 Å². The van der Waals surface area contributed by atoms with Crippen molar-refractivity contribution < 1.29 is 22.8 Å². The van der Waals surface area contributed by atoms with E-state index in [2.05, 4.69) is 0 Å². The van der Waals surface area contributed by atoms with Gasteiger partial charge in [-0.3, -0.25) is 10.1 Å². The fourth-order valence-corrected chi connectivity index (χ4v) is 3.61. The third kappa shape index (κ3) is 3.20. The maximum Gasteiger partial charge on any atom is 0.306 e. The SMILES string of the molecule is CC1(O)CCN(S(=O)(=O)c2ccc(F)c([N+](=O)[O-])c2)CC1. The van der Waals surface area contributed by atoms with Crippen LogP contribution >= 0.6 is 0 Å². The molecule has 7 nitrogen and oxygen atoms in total. The number of nitro benzene ring substituents is 1. The molecule has 2 rings (SSSR count). The number of nitrogens with zero attached hydrogens (tertiary/aromatic N) is 2. The Morgan fingerprint density at radius 1 is 1.38 bits per heavy atom. The van der Waals surface area contributed by atoms with Gasteiger partial charge in [-0.2, -0.15) is 8.70 Å². The number of rotatable bonds is 3. The van der Waals surface area contributed by atoms with Crippen molar-refractivity contribution in [1.82, 2.24) is 4.31 Å². The molecule has 21 heavy (non-hydrogen) atoms. The molecule has 0 saturated carbocycles. The zero-order valence-electron chi connectivity index (χ0n) is 11.3. The predicted molar refractivity (Wildman–Crippen MR) is 71.7 cm³/mol. The summed E-state index contributed by atoms with van der Waals surface area (Å²) in [6.45, 7) is 1.85. The predicted octanol–water partition coefficient (Wildman–Crippen LogP) is 1.27. The van der Waals surface area contributed by atoms with Crippen molar-refractivity contribution in [3.8, 4) is 0 Å². The first kappa shape index (κ1) is 15.8. The van der Waals surface area contributed by atoms with E-state index in [0.29, 0.717) is 0 Å². The quantitative estimate of drug-likeness (QED) is 0.668. The number of hydrogen-bond donors (Lipinski definition) is 1. The molecule has 0 atom stereocenters. The van der Waals surface area contributed by atoms with Crippen molar-refractivity contribution in [2.24, 2.45) is 0 Å². The first-order valence-corrected chi connectivity index (χ1v) is 7.74. The van der Waals surface area contributed by atoms with Crippen LogP contribution in [0.25, 0.3) is 0 Å². The van der Waals surface area contributed by atoms with Crippen LogP contribution in [0, 0.1) is 15.9 Å². The molecule has 1 aliphatic heterocycles. The lowest BCUT2D eigenvalue weighted by Crippen LogP contribution is -2.45. The van der Waals surface area contributed by atoms with Crippen molar-refractivity contribution in [3.63, 3.8) is 0 Å². The molecule has 0 unspecified atom stereocenters. The van der Waals surface area contributed by atoms with Gasteiger partial charge in [0.15, 0.2) is 0 Å². The average Bonchev–Trinajstić information content (AvgIpc) is 2.38. The topological polar surface area (TPSA) is 101 Å². The van der Waals surface area contributed by atoms with Gasteiger partial charge in [-0.25, -0.2) is 8.42 Å². The maximum absolute atomic E-state index is 13.3. The van der Waals surface area contributed by atoms with Gasteiger partial charge in [0.1, 0.15) is 0 Å². The van der Waals surface area contributed by atoms with Gasteiger partial charge >= 0.3 is 5.69 Å². The van der Waals surface area contributed by atoms with Crippen LogP contribution in [0.5, 0.6) is 0 Å². The fourth-order valence-electron chi connectivity index (χ4n) is 2.15. The van der Waals surface area contributed by atoms with Gasteiger partial charge in [0.25, 0.3) is 0 Å². The van der Waals surface area contributed by atoms with E-state index in [1.165, 1.54) is 0 Å². The molecule has 0 radical (unpaired) electrons. The number of aliphatic hydroxyl groups is 1. The first-order chi connectivity index (χ1) is 9.63. The molecule has 9 heteroatoms. The average molecular weight is 318 g/mol. The number of halogens is 1. The zero-order valence-corrected chi connectivity index (χ0v) is 12.1. The van der Waals surface area contributed by atoms with Gasteiger partial charge in [-0.1, -0.05) is 0 Å². The third-order valence-electron chi connectivity index (χ3n) is 3.55. The Balaban J connectivity index is 2.33. The minimum atomic E-state index is -3.93. The highest BCUT2D eigenvalue weighted by Gasteiger charge is 2.34. The Labute approximate surface area is 121 Å². The Kier molecular flexibility index (Phi) is 4.00. The molecule has 1 aliphatic rings. The summed E-state index contributed by atoms with van der Waals surface area (Å²) in [6, 6.07) is 2.49. The largest absolute Gasteiger partial charge is 0.390 e. The highest BCUT2D eigenvalue weighted by molar-refractivity contribution is 7.89. The molecule has 0 aliphatic carbocycles. The summed E-state index contributed by atoms with van der Waals surface area (Å²) in [5.74, 6) is -1.08. The minimum Gasteiger partial charge on any atom is -0.390 e. The van der Waals surface area contributed by atoms with Crippen LogP contribution < -0.4 is 0 Å². The van der Waals surface area contributed by atoms with Crippen molar-refractivity contribution in [2.75, 3.05) is 13.1 Å². The van der Waals surface area contributed by atoms with Crippen LogP contribution in [0.3, 0.4) is 0 Å². The summed E-state index contributed by atoms with van der Waals surface area (Å²) in [5, 5.41) is 20.5. The second-order valence-corrected chi connectivity index (χ2v) is 7.21. The molecule has 1 heterocycles. The van der Waals surface area contributed by atoms with Crippen molar-refractivity contribution in [3.05, 3.63) is 34.1 Å². The number of nitro groups is 1. The highest BCUT2D eigenvalue weighted by Crippen LogP contribution is 2.28. The van der Waals surface area contributed by atoms with Crippen LogP contribution in [-0.2, 0) is 10.0 Å². The van der Waals surface area contributed by atoms with E-state index in [0.717, 1.165) is 22.5 Å². The van der Waals surface area contributed by atoms with Crippen LogP contribution in [0.1, 0.15) is 19.8 Å². The summed E-state index contributed by atoms with van der Waals surface area (Å²) >= 11 is 0. The first-order valence-electron chi connectivity index (χ1n) is 6.30. The molecule has 0 spiro atoms. The van der Waals surface area contributed by atoms with E-state index in [4.69, 9.17) is 0 Å². The Hall–Kier alpha value is -1.58. The molecule has 0 bridgehead atoms. The van der Waals surface area contributed by atoms with Gasteiger partial charge in [0.05, 0.1) is 15.4 Å². The van der Waals surface area contributed by atoms with Gasteiger partial charge in [0.2, 0.25) is 15.8 Å². The Morgan fingerprint density at radius 2 is 1.95 bits per heavy atom. The minimum absolute atomic E-state index is 0.112. The highest BCUT2D eigenvalue weighted by atomic mass is 32.2. The number of piperidine rings is 1. The number of benzene rings is 1. The third-order valence-corrected chi connectivity index (χ3v) is 5.45. The summed E-state index contributed by atoms with van der Waals surface area (Å²) in [6.07, 6.45) is 0.547. The molecule has 1 aromatic rings. The Morgan fingerprint density at radius 3 is 2.48 bits per heavy atom. The normalized spacial score (nSPS) is 19.4. The van der Waals surface area contributed by atoms with Crippen molar-refractivity contribution in [1.29, 1.82) is 0 Å². The van der Waals surface area contributed by atoms with Gasteiger partial charge in [-0.05, 0) is 31.9 Å². The van der Waals surface area contributed by atoms with Crippen molar-refractivity contribution >= 4 is 15.7 Å². The Bertz CT molecular complexity index is 664. The smallest absolute Gasteiger partial charge is 0.306 e. The summed E-state index contributed by atoms with van der Waals surface area (Å²) in [7, 11) is -3.93. The van der Waals surface area contributed by atoms with Crippen LogP contribution in [0.15, 0.2) is 23.1 Å². The van der Waals surface area contributed by atoms with Crippen LogP contribution in [0.2, 0.25) is 0 Å². The maximum atomic E-state index is 13.3. The van der Waals surface area contributed by atoms with Crippen LogP contribution in [-0.4, -0.2) is 41.4 Å². The molecule has 1 aromatic carbocycles. The molecular weight excluding hydrogens is 303 g/mol. The van der Waals surface area contributed by atoms with E-state index in [1.54, 1.807) is 6.92 Å². The standard InChI is InChI=1S/C12H15FN2O5S/c1-12(16)4-6-14(7-5-12)21(19,20)9-2-3-10(13)11(8-9)15(17)18/h2-3,8,16H,4-7H2,1H3. The van der Waals surface area contributed by atoms with E-state index in [-0.39, 0.29) is 30.8 Å². The number of sulfonamides is 1. The summed E-state index contributed by atoms with van der Waals surface area (Å²) in [5.41, 5.74) is -1.79. The van der Waals surface area contributed by atoms with E-state index >= 15 is 0 Å². The zero-order chi connectivity index (χ0) is 15.8. The van der Waals surface area contributed by atoms with E-state index in [9.17, 15) is 28.0 Å². The molecule has 1 N–H and O–H groups in total. The van der Waals surface area contributed by atoms with E-state index in [1.807, 2.05) is 0 Å². The van der Waals surface area contributed by atoms with Gasteiger partial charge in [0, 0.05) is 19.2 Å². The molecule has 0 aromatic heterocycles. The monoisotopic (exact) mass is 318 g/mol. The fraction of sp³-hybridized carbons (Fsp3) is 0.500. The van der Waals surface area contributed by atoms with Crippen molar-refractivity contribution in [2.45, 2.75) is 30.3 Å². The van der Waals surface area contributed by atoms with Crippen LogP contribution in [0.4, 0.5) is 10.1 Å². The second-order valence-electron chi connectivity index (χ2n) is 5.27. The van der Waals surface area contributed by atoms with Gasteiger partial charge in [-0.15, -0.1) is 0 Å². The number of hydrogen-bond acceptors (Lipinski definition) is 5. The molecular formula is C12H15FN2O5S. The molecule has 1 fully saturated rings. The lowest BCUT2D eigenvalue weighted by Gasteiger charge is -2.34. The molecule has 0 amide bonds. The lowest BCUT2D eigenvalue weighted by atomic mass is 9.95. The summed E-state index contributed by atoms with van der Waals surface area (Å²) in [4.78, 5) is 9.40. The van der Waals surface area contributed by atoms with E-state index < -0.39 is 32.1 Å². The molecule has 116 valence electrons. The second kappa shape index (κ2) is 5.32. The lowest BCUT2D eigenvalue weighted by molar-refractivity contribution is -0.387. The molecule has 1 saturated heterocycles.